The first-order valence-corrected chi connectivity index (χ1v) is 8.36. The fourth-order valence-corrected chi connectivity index (χ4v) is 2.55. The average Bonchev–Trinajstić information content (AvgIpc) is 3.03. The predicted octanol–water partition coefficient (Wildman–Crippen LogP) is 3.20. The molecule has 7 heteroatoms. The van der Waals surface area contributed by atoms with Gasteiger partial charge in [-0.3, -0.25) is 9.67 Å². The van der Waals surface area contributed by atoms with E-state index in [1.807, 2.05) is 44.3 Å². The van der Waals surface area contributed by atoms with Crippen LogP contribution in [0.25, 0.3) is 11.3 Å². The van der Waals surface area contributed by atoms with Crippen LogP contribution in [0.15, 0.2) is 54.9 Å². The minimum absolute atomic E-state index is 0.287. The molecule has 0 radical (unpaired) electrons. The van der Waals surface area contributed by atoms with Crippen LogP contribution in [-0.2, 0) is 13.6 Å². The fraction of sp³-hybridized carbons (Fsp3) is 0.211. The largest absolute Gasteiger partial charge is 0.494 e. The normalized spacial score (nSPS) is 10.4. The maximum Gasteiger partial charge on any atom is 0.319 e. The Bertz CT molecular complexity index is 859. The van der Waals surface area contributed by atoms with Gasteiger partial charge in [-0.15, -0.1) is 0 Å². The molecule has 0 atom stereocenters. The Morgan fingerprint density at radius 1 is 1.15 bits per heavy atom. The molecule has 0 aliphatic heterocycles. The molecule has 0 unspecified atom stereocenters. The third-order valence-corrected chi connectivity index (χ3v) is 3.76. The van der Waals surface area contributed by atoms with Crippen molar-refractivity contribution in [1.29, 1.82) is 0 Å². The van der Waals surface area contributed by atoms with E-state index in [0.29, 0.717) is 18.8 Å². The molecule has 0 fully saturated rings. The number of urea groups is 1. The maximum absolute atomic E-state index is 12.1. The topological polar surface area (TPSA) is 81.1 Å². The Hall–Kier alpha value is -3.35. The summed E-state index contributed by atoms with van der Waals surface area (Å²) in [6.07, 6.45) is 3.48. The molecular weight excluding hydrogens is 330 g/mol. The first-order chi connectivity index (χ1) is 12.7. The molecule has 2 aromatic heterocycles. The van der Waals surface area contributed by atoms with Crippen LogP contribution in [0.2, 0.25) is 0 Å². The first kappa shape index (κ1) is 17.5. The van der Waals surface area contributed by atoms with Gasteiger partial charge in [-0.05, 0) is 49.4 Å². The lowest BCUT2D eigenvalue weighted by molar-refractivity contribution is 0.251. The van der Waals surface area contributed by atoms with Crippen LogP contribution in [0.3, 0.4) is 0 Å². The van der Waals surface area contributed by atoms with Gasteiger partial charge in [0, 0.05) is 30.7 Å². The molecule has 2 amide bonds. The van der Waals surface area contributed by atoms with E-state index in [2.05, 4.69) is 20.7 Å². The van der Waals surface area contributed by atoms with Gasteiger partial charge in [-0.25, -0.2) is 4.79 Å². The summed E-state index contributed by atoms with van der Waals surface area (Å²) >= 11 is 0. The quantitative estimate of drug-likeness (QED) is 0.714. The number of aryl methyl sites for hydroxylation is 1. The van der Waals surface area contributed by atoms with Crippen molar-refractivity contribution in [2.24, 2.45) is 7.05 Å². The highest BCUT2D eigenvalue weighted by atomic mass is 16.5. The summed E-state index contributed by atoms with van der Waals surface area (Å²) < 4.78 is 7.17. The Morgan fingerprint density at radius 3 is 2.58 bits per heavy atom. The molecular formula is C19H21N5O2. The number of benzene rings is 1. The van der Waals surface area contributed by atoms with Crippen LogP contribution in [0.1, 0.15) is 12.6 Å². The highest BCUT2D eigenvalue weighted by Crippen LogP contribution is 2.19. The van der Waals surface area contributed by atoms with Crippen molar-refractivity contribution in [3.8, 4) is 17.0 Å². The molecule has 0 saturated carbocycles. The highest BCUT2D eigenvalue weighted by molar-refractivity contribution is 5.89. The van der Waals surface area contributed by atoms with E-state index >= 15 is 0 Å². The predicted molar refractivity (Wildman–Crippen MR) is 99.9 cm³/mol. The summed E-state index contributed by atoms with van der Waals surface area (Å²) in [4.78, 5) is 16.1. The summed E-state index contributed by atoms with van der Waals surface area (Å²) in [5.41, 5.74) is 3.47. The second kappa shape index (κ2) is 8.15. The monoisotopic (exact) mass is 351 g/mol. The second-order valence-electron chi connectivity index (χ2n) is 5.65. The van der Waals surface area contributed by atoms with Crippen molar-refractivity contribution in [1.82, 2.24) is 20.1 Å². The third-order valence-electron chi connectivity index (χ3n) is 3.76. The number of ether oxygens (including phenoxy) is 1. The molecule has 1 aromatic carbocycles. The van der Waals surface area contributed by atoms with Crippen LogP contribution >= 0.6 is 0 Å². The minimum atomic E-state index is -0.287. The summed E-state index contributed by atoms with van der Waals surface area (Å²) in [7, 11) is 1.87. The Labute approximate surface area is 152 Å². The molecule has 7 nitrogen and oxygen atoms in total. The number of aromatic nitrogens is 3. The van der Waals surface area contributed by atoms with Crippen LogP contribution in [-0.4, -0.2) is 27.4 Å². The van der Waals surface area contributed by atoms with Crippen molar-refractivity contribution in [2.45, 2.75) is 13.5 Å². The molecule has 0 spiro atoms. The number of rotatable bonds is 6. The number of carbonyl (C=O) groups is 1. The Balaban J connectivity index is 1.56. The van der Waals surface area contributed by atoms with Gasteiger partial charge in [0.2, 0.25) is 0 Å². The maximum atomic E-state index is 12.1. The summed E-state index contributed by atoms with van der Waals surface area (Å²) in [5.74, 6) is 0.774. The van der Waals surface area contributed by atoms with Crippen LogP contribution in [0.4, 0.5) is 10.5 Å². The number of amides is 2. The van der Waals surface area contributed by atoms with Gasteiger partial charge in [-0.2, -0.15) is 5.10 Å². The van der Waals surface area contributed by atoms with Gasteiger partial charge < -0.3 is 15.4 Å². The van der Waals surface area contributed by atoms with E-state index in [0.717, 1.165) is 22.7 Å². The molecule has 0 aliphatic carbocycles. The lowest BCUT2D eigenvalue weighted by atomic mass is 10.2. The molecule has 3 aromatic rings. The first-order valence-electron chi connectivity index (χ1n) is 8.36. The smallest absolute Gasteiger partial charge is 0.319 e. The van der Waals surface area contributed by atoms with Gasteiger partial charge in [-0.1, -0.05) is 0 Å². The molecule has 26 heavy (non-hydrogen) atoms. The fourth-order valence-electron chi connectivity index (χ4n) is 2.55. The van der Waals surface area contributed by atoms with Gasteiger partial charge in [0.05, 0.1) is 24.5 Å². The molecule has 134 valence electrons. The molecule has 0 aliphatic rings. The van der Waals surface area contributed by atoms with Gasteiger partial charge in [0.1, 0.15) is 5.75 Å². The standard InChI is InChI=1S/C19H21N5O2/c1-3-26-17-6-4-15(5-7-17)22-19(25)21-13-16-12-18(24(2)23-16)14-8-10-20-11-9-14/h4-12H,3,13H2,1-2H3,(H2,21,22,25). The molecule has 2 heterocycles. The zero-order chi connectivity index (χ0) is 18.4. The summed E-state index contributed by atoms with van der Waals surface area (Å²) in [5, 5.41) is 10.0. The Morgan fingerprint density at radius 2 is 1.88 bits per heavy atom. The van der Waals surface area contributed by atoms with Crippen LogP contribution < -0.4 is 15.4 Å². The number of pyridine rings is 1. The number of hydrogen-bond donors (Lipinski definition) is 2. The van der Waals surface area contributed by atoms with Crippen molar-refractivity contribution in [3.05, 3.63) is 60.6 Å². The van der Waals surface area contributed by atoms with Crippen molar-refractivity contribution in [3.63, 3.8) is 0 Å². The van der Waals surface area contributed by atoms with Crippen LogP contribution in [0.5, 0.6) is 5.75 Å². The molecule has 2 N–H and O–H groups in total. The van der Waals surface area contributed by atoms with E-state index in [4.69, 9.17) is 4.74 Å². The molecule has 0 saturated heterocycles. The van der Waals surface area contributed by atoms with E-state index in [1.165, 1.54) is 0 Å². The van der Waals surface area contributed by atoms with E-state index < -0.39 is 0 Å². The third kappa shape index (κ3) is 4.38. The lowest BCUT2D eigenvalue weighted by Crippen LogP contribution is -2.28. The minimum Gasteiger partial charge on any atom is -0.494 e. The lowest BCUT2D eigenvalue weighted by Gasteiger charge is -2.08. The number of anilines is 1. The van der Waals surface area contributed by atoms with Gasteiger partial charge in [0.25, 0.3) is 0 Å². The Kier molecular flexibility index (Phi) is 5.48. The zero-order valence-electron chi connectivity index (χ0n) is 14.8. The number of nitrogens with one attached hydrogen (secondary N) is 2. The van der Waals surface area contributed by atoms with Crippen molar-refractivity contribution >= 4 is 11.7 Å². The zero-order valence-corrected chi connectivity index (χ0v) is 14.8. The average molecular weight is 351 g/mol. The number of nitrogens with zero attached hydrogens (tertiary/aromatic N) is 3. The number of carbonyl (C=O) groups excluding carboxylic acids is 1. The van der Waals surface area contributed by atoms with E-state index in [1.54, 1.807) is 29.2 Å². The van der Waals surface area contributed by atoms with Gasteiger partial charge in [0.15, 0.2) is 0 Å². The molecule has 0 bridgehead atoms. The van der Waals surface area contributed by atoms with Gasteiger partial charge >= 0.3 is 6.03 Å². The molecule has 3 rings (SSSR count). The van der Waals surface area contributed by atoms with E-state index in [9.17, 15) is 4.79 Å². The van der Waals surface area contributed by atoms with Crippen molar-refractivity contribution < 1.29 is 9.53 Å². The van der Waals surface area contributed by atoms with Crippen LogP contribution in [0, 0.1) is 0 Å². The second-order valence-corrected chi connectivity index (χ2v) is 5.65. The number of hydrogen-bond acceptors (Lipinski definition) is 4. The summed E-state index contributed by atoms with van der Waals surface area (Å²) in [6.45, 7) is 2.87. The highest BCUT2D eigenvalue weighted by Gasteiger charge is 2.09. The SMILES string of the molecule is CCOc1ccc(NC(=O)NCc2cc(-c3ccncc3)n(C)n2)cc1. The summed E-state index contributed by atoms with van der Waals surface area (Å²) in [6, 6.07) is 12.7. The van der Waals surface area contributed by atoms with Crippen molar-refractivity contribution in [2.75, 3.05) is 11.9 Å². The van der Waals surface area contributed by atoms with E-state index in [-0.39, 0.29) is 6.03 Å².